The molecule has 0 aliphatic carbocycles. The second-order valence-electron chi connectivity index (χ2n) is 5.35. The number of unbranched alkanes of at least 4 members (excludes halogenated alkanes) is 1. The van der Waals surface area contributed by atoms with Crippen molar-refractivity contribution in [3.63, 3.8) is 0 Å². The third-order valence-electron chi connectivity index (χ3n) is 3.53. The maximum atomic E-state index is 12.3. The fourth-order valence-electron chi connectivity index (χ4n) is 2.36. The summed E-state index contributed by atoms with van der Waals surface area (Å²) in [6.07, 6.45) is 2.01. The maximum Gasteiger partial charge on any atom is 0.270 e. The van der Waals surface area contributed by atoms with Crippen molar-refractivity contribution < 1.29 is 4.79 Å². The van der Waals surface area contributed by atoms with E-state index in [2.05, 4.69) is 34.0 Å². The van der Waals surface area contributed by atoms with E-state index in [0.717, 1.165) is 30.9 Å². The first kappa shape index (κ1) is 16.9. The number of aromatic nitrogens is 2. The van der Waals surface area contributed by atoms with E-state index in [1.807, 2.05) is 37.3 Å². The summed E-state index contributed by atoms with van der Waals surface area (Å²) in [5.41, 5.74) is 1.46. The molecular weight excluding hydrogens is 288 g/mol. The van der Waals surface area contributed by atoms with E-state index in [1.54, 1.807) is 6.07 Å². The smallest absolute Gasteiger partial charge is 0.270 e. The van der Waals surface area contributed by atoms with Gasteiger partial charge in [-0.2, -0.15) is 0 Å². The van der Waals surface area contributed by atoms with E-state index in [4.69, 9.17) is 0 Å². The number of rotatable bonds is 7. The minimum atomic E-state index is -0.144. The highest BCUT2D eigenvalue weighted by Crippen LogP contribution is 2.23. The second-order valence-corrected chi connectivity index (χ2v) is 5.35. The fraction of sp³-hybridized carbons (Fsp3) is 0.389. The number of amides is 1. The monoisotopic (exact) mass is 312 g/mol. The Hall–Kier alpha value is -2.43. The molecule has 0 spiro atoms. The number of carbonyl (C=O) groups is 1. The van der Waals surface area contributed by atoms with Gasteiger partial charge in [0.15, 0.2) is 0 Å². The van der Waals surface area contributed by atoms with Crippen LogP contribution in [0.2, 0.25) is 0 Å². The van der Waals surface area contributed by atoms with Crippen LogP contribution in [0.3, 0.4) is 0 Å². The Labute approximate surface area is 137 Å². The Morgan fingerprint density at radius 2 is 1.91 bits per heavy atom. The molecule has 0 aliphatic heterocycles. The summed E-state index contributed by atoms with van der Waals surface area (Å²) in [7, 11) is 0. The van der Waals surface area contributed by atoms with E-state index >= 15 is 0 Å². The summed E-state index contributed by atoms with van der Waals surface area (Å²) < 4.78 is 0. The minimum absolute atomic E-state index is 0.144. The van der Waals surface area contributed by atoms with Crippen molar-refractivity contribution in [3.8, 4) is 0 Å². The fourth-order valence-corrected chi connectivity index (χ4v) is 2.36. The molecule has 0 radical (unpaired) electrons. The van der Waals surface area contributed by atoms with Gasteiger partial charge in [0.05, 0.1) is 0 Å². The summed E-state index contributed by atoms with van der Waals surface area (Å²) in [4.78, 5) is 23.1. The van der Waals surface area contributed by atoms with Crippen LogP contribution in [-0.4, -0.2) is 29.0 Å². The topological polar surface area (TPSA) is 58.1 Å². The first-order valence-electron chi connectivity index (χ1n) is 8.12. The van der Waals surface area contributed by atoms with E-state index in [0.29, 0.717) is 18.1 Å². The van der Waals surface area contributed by atoms with Crippen LogP contribution in [0.4, 0.5) is 11.5 Å². The van der Waals surface area contributed by atoms with Crippen LogP contribution in [0.25, 0.3) is 0 Å². The Morgan fingerprint density at radius 3 is 2.57 bits per heavy atom. The lowest BCUT2D eigenvalue weighted by atomic mass is 10.2. The molecule has 0 atom stereocenters. The quantitative estimate of drug-likeness (QED) is 0.795. The van der Waals surface area contributed by atoms with E-state index < -0.39 is 0 Å². The van der Waals surface area contributed by atoms with Crippen molar-refractivity contribution >= 4 is 17.4 Å². The average Bonchev–Trinajstić information content (AvgIpc) is 2.56. The number of para-hydroxylation sites is 1. The lowest BCUT2D eigenvalue weighted by Crippen LogP contribution is -2.26. The number of hydrogen-bond acceptors (Lipinski definition) is 4. The van der Waals surface area contributed by atoms with Crippen LogP contribution < -0.4 is 10.2 Å². The van der Waals surface area contributed by atoms with Crippen LogP contribution in [0.15, 0.2) is 36.4 Å². The summed E-state index contributed by atoms with van der Waals surface area (Å²) in [5.74, 6) is 1.19. The zero-order chi connectivity index (χ0) is 16.7. The van der Waals surface area contributed by atoms with Gasteiger partial charge in [-0.05, 0) is 32.4 Å². The van der Waals surface area contributed by atoms with Gasteiger partial charge in [0.2, 0.25) is 0 Å². The molecule has 1 heterocycles. The molecule has 0 fully saturated rings. The van der Waals surface area contributed by atoms with Gasteiger partial charge in [0.1, 0.15) is 17.3 Å². The number of anilines is 2. The first-order valence-corrected chi connectivity index (χ1v) is 8.12. The van der Waals surface area contributed by atoms with Gasteiger partial charge in [0, 0.05) is 24.8 Å². The van der Waals surface area contributed by atoms with Gasteiger partial charge in [0.25, 0.3) is 5.91 Å². The van der Waals surface area contributed by atoms with Crippen molar-refractivity contribution in [2.24, 2.45) is 0 Å². The molecule has 1 N–H and O–H groups in total. The molecule has 2 rings (SSSR count). The number of hydrogen-bond donors (Lipinski definition) is 1. The zero-order valence-corrected chi connectivity index (χ0v) is 14.0. The number of carbonyl (C=O) groups excluding carboxylic acids is 1. The number of nitrogens with zero attached hydrogens (tertiary/aromatic N) is 3. The van der Waals surface area contributed by atoms with Crippen LogP contribution in [0.5, 0.6) is 0 Å². The Balaban J connectivity index is 2.27. The molecule has 5 nitrogen and oxygen atoms in total. The van der Waals surface area contributed by atoms with Crippen LogP contribution >= 0.6 is 0 Å². The van der Waals surface area contributed by atoms with Gasteiger partial charge >= 0.3 is 0 Å². The van der Waals surface area contributed by atoms with Crippen LogP contribution in [0.1, 0.15) is 43.0 Å². The SMILES string of the molecule is CCCCNC(=O)c1cc(N(CC)c2ccccc2)nc(C)n1. The molecule has 1 amide bonds. The molecule has 1 aromatic heterocycles. The molecule has 0 unspecified atom stereocenters. The third kappa shape index (κ3) is 4.52. The molecule has 0 bridgehead atoms. The standard InChI is InChI=1S/C18H24N4O/c1-4-6-12-19-18(23)16-13-17(21-14(3)20-16)22(5-2)15-10-8-7-9-11-15/h7-11,13H,4-6,12H2,1-3H3,(H,19,23). The highest BCUT2D eigenvalue weighted by Gasteiger charge is 2.14. The Morgan fingerprint density at radius 1 is 1.17 bits per heavy atom. The molecule has 1 aromatic carbocycles. The van der Waals surface area contributed by atoms with Gasteiger partial charge in [-0.1, -0.05) is 31.5 Å². The predicted molar refractivity (Wildman–Crippen MR) is 93.1 cm³/mol. The number of aryl methyl sites for hydroxylation is 1. The predicted octanol–water partition coefficient (Wildman–Crippen LogP) is 3.47. The normalized spacial score (nSPS) is 10.4. The second kappa shape index (κ2) is 8.27. The van der Waals surface area contributed by atoms with Crippen LogP contribution in [0, 0.1) is 6.92 Å². The van der Waals surface area contributed by atoms with Crippen molar-refractivity contribution in [2.75, 3.05) is 18.0 Å². The lowest BCUT2D eigenvalue weighted by Gasteiger charge is -2.22. The van der Waals surface area contributed by atoms with E-state index in [1.165, 1.54) is 0 Å². The lowest BCUT2D eigenvalue weighted by molar-refractivity contribution is 0.0948. The summed E-state index contributed by atoms with van der Waals surface area (Å²) >= 11 is 0. The Kier molecular flexibility index (Phi) is 6.09. The molecule has 5 heteroatoms. The van der Waals surface area contributed by atoms with E-state index in [9.17, 15) is 4.79 Å². The highest BCUT2D eigenvalue weighted by atomic mass is 16.1. The van der Waals surface area contributed by atoms with Gasteiger partial charge in [-0.25, -0.2) is 9.97 Å². The van der Waals surface area contributed by atoms with Crippen molar-refractivity contribution in [1.82, 2.24) is 15.3 Å². The van der Waals surface area contributed by atoms with Crippen molar-refractivity contribution in [2.45, 2.75) is 33.6 Å². The molecule has 0 saturated heterocycles. The zero-order valence-electron chi connectivity index (χ0n) is 14.0. The van der Waals surface area contributed by atoms with E-state index in [-0.39, 0.29) is 5.91 Å². The van der Waals surface area contributed by atoms with Crippen LogP contribution in [-0.2, 0) is 0 Å². The summed E-state index contributed by atoms with van der Waals surface area (Å²) in [5, 5.41) is 2.90. The molecular formula is C18H24N4O. The molecule has 0 aliphatic rings. The highest BCUT2D eigenvalue weighted by molar-refractivity contribution is 5.93. The van der Waals surface area contributed by atoms with Gasteiger partial charge < -0.3 is 10.2 Å². The number of benzene rings is 1. The minimum Gasteiger partial charge on any atom is -0.351 e. The summed E-state index contributed by atoms with van der Waals surface area (Å²) in [6, 6.07) is 11.8. The van der Waals surface area contributed by atoms with Gasteiger partial charge in [-0.3, -0.25) is 4.79 Å². The molecule has 2 aromatic rings. The number of nitrogens with one attached hydrogen (secondary N) is 1. The molecule has 0 saturated carbocycles. The Bertz CT molecular complexity index is 643. The molecule has 23 heavy (non-hydrogen) atoms. The largest absolute Gasteiger partial charge is 0.351 e. The maximum absolute atomic E-state index is 12.3. The molecule has 122 valence electrons. The third-order valence-corrected chi connectivity index (χ3v) is 3.53. The average molecular weight is 312 g/mol. The summed E-state index contributed by atoms with van der Waals surface area (Å²) in [6.45, 7) is 7.40. The van der Waals surface area contributed by atoms with Gasteiger partial charge in [-0.15, -0.1) is 0 Å². The van der Waals surface area contributed by atoms with Crippen molar-refractivity contribution in [1.29, 1.82) is 0 Å². The van der Waals surface area contributed by atoms with Crippen molar-refractivity contribution in [3.05, 3.63) is 47.9 Å². The first-order chi connectivity index (χ1) is 11.2.